The lowest BCUT2D eigenvalue weighted by Crippen LogP contribution is -2.33. The van der Waals surface area contributed by atoms with Gasteiger partial charge in [-0.05, 0) is 24.1 Å². The Hall–Kier alpha value is -3.85. The first-order chi connectivity index (χ1) is 13.6. The SMILES string of the molecule is Cc1cc2c(c(=O)n1Cc1ccccc1)C(c1cccnc1)C(C#N)=C(N)O2. The molecule has 3 aromatic rings. The average Bonchev–Trinajstić information content (AvgIpc) is 2.71. The molecule has 1 unspecified atom stereocenters. The van der Waals surface area contributed by atoms with Crippen molar-refractivity contribution in [3.8, 4) is 11.8 Å². The fourth-order valence-electron chi connectivity index (χ4n) is 3.53. The van der Waals surface area contributed by atoms with E-state index in [4.69, 9.17) is 10.5 Å². The number of nitrogens with zero attached hydrogens (tertiary/aromatic N) is 3. The van der Waals surface area contributed by atoms with Crippen molar-refractivity contribution in [2.24, 2.45) is 5.73 Å². The summed E-state index contributed by atoms with van der Waals surface area (Å²) >= 11 is 0. The first-order valence-electron chi connectivity index (χ1n) is 8.86. The Morgan fingerprint density at radius 3 is 2.71 bits per heavy atom. The fourth-order valence-corrected chi connectivity index (χ4v) is 3.53. The minimum absolute atomic E-state index is 0.0171. The molecule has 0 fully saturated rings. The number of allylic oxidation sites excluding steroid dienone is 1. The summed E-state index contributed by atoms with van der Waals surface area (Å²) in [5.41, 5.74) is 8.91. The van der Waals surface area contributed by atoms with Gasteiger partial charge in [0.2, 0.25) is 5.88 Å². The van der Waals surface area contributed by atoms with E-state index in [1.807, 2.05) is 43.3 Å². The van der Waals surface area contributed by atoms with Crippen LogP contribution in [0.15, 0.2) is 77.2 Å². The van der Waals surface area contributed by atoms with Crippen LogP contribution in [0.3, 0.4) is 0 Å². The van der Waals surface area contributed by atoms with Gasteiger partial charge in [0.05, 0.1) is 18.0 Å². The van der Waals surface area contributed by atoms with Crippen LogP contribution in [0.5, 0.6) is 5.75 Å². The lowest BCUT2D eigenvalue weighted by Gasteiger charge is -2.27. The van der Waals surface area contributed by atoms with Crippen LogP contribution in [0, 0.1) is 18.3 Å². The van der Waals surface area contributed by atoms with E-state index in [0.29, 0.717) is 17.9 Å². The second-order valence-electron chi connectivity index (χ2n) is 6.65. The number of ether oxygens (including phenoxy) is 1. The number of aromatic nitrogens is 2. The number of fused-ring (bicyclic) bond motifs is 1. The van der Waals surface area contributed by atoms with Gasteiger partial charge in [-0.2, -0.15) is 5.26 Å². The van der Waals surface area contributed by atoms with Crippen LogP contribution in [0.25, 0.3) is 0 Å². The van der Waals surface area contributed by atoms with Crippen molar-refractivity contribution in [3.63, 3.8) is 0 Å². The Balaban J connectivity index is 1.93. The molecule has 1 aromatic carbocycles. The van der Waals surface area contributed by atoms with Crippen molar-refractivity contribution in [1.29, 1.82) is 5.26 Å². The molecule has 6 heteroatoms. The van der Waals surface area contributed by atoms with Crippen LogP contribution < -0.4 is 16.0 Å². The molecule has 0 radical (unpaired) electrons. The average molecular weight is 370 g/mol. The number of nitriles is 1. The highest BCUT2D eigenvalue weighted by molar-refractivity contribution is 5.54. The third-order valence-corrected chi connectivity index (χ3v) is 4.89. The summed E-state index contributed by atoms with van der Waals surface area (Å²) in [6.45, 7) is 2.28. The quantitative estimate of drug-likeness (QED) is 0.765. The number of aryl methyl sites for hydroxylation is 1. The molecule has 1 atom stereocenters. The van der Waals surface area contributed by atoms with Gasteiger partial charge in [-0.1, -0.05) is 36.4 Å². The van der Waals surface area contributed by atoms with Crippen LogP contribution in [-0.2, 0) is 6.54 Å². The topological polar surface area (TPSA) is 93.9 Å². The number of pyridine rings is 2. The zero-order chi connectivity index (χ0) is 19.7. The largest absolute Gasteiger partial charge is 0.440 e. The van der Waals surface area contributed by atoms with Crippen molar-refractivity contribution < 1.29 is 4.74 Å². The third kappa shape index (κ3) is 2.93. The number of hydrogen-bond donors (Lipinski definition) is 1. The van der Waals surface area contributed by atoms with E-state index in [1.54, 1.807) is 29.1 Å². The summed E-state index contributed by atoms with van der Waals surface area (Å²) < 4.78 is 7.35. The van der Waals surface area contributed by atoms with Gasteiger partial charge in [-0.25, -0.2) is 0 Å². The maximum absolute atomic E-state index is 13.5. The van der Waals surface area contributed by atoms with E-state index in [2.05, 4.69) is 11.1 Å². The molecule has 4 rings (SSSR count). The van der Waals surface area contributed by atoms with E-state index in [1.165, 1.54) is 0 Å². The van der Waals surface area contributed by atoms with Gasteiger partial charge in [-0.3, -0.25) is 9.78 Å². The van der Waals surface area contributed by atoms with Crippen LogP contribution >= 0.6 is 0 Å². The Bertz CT molecular complexity index is 1160. The van der Waals surface area contributed by atoms with Gasteiger partial charge < -0.3 is 15.0 Å². The first-order valence-corrected chi connectivity index (χ1v) is 8.86. The molecule has 1 aliphatic rings. The Kier molecular flexibility index (Phi) is 4.42. The zero-order valence-corrected chi connectivity index (χ0v) is 15.3. The van der Waals surface area contributed by atoms with Crippen molar-refractivity contribution in [2.45, 2.75) is 19.4 Å². The molecule has 6 nitrogen and oxygen atoms in total. The molecule has 0 amide bonds. The van der Waals surface area contributed by atoms with Crippen LogP contribution in [0.1, 0.15) is 28.3 Å². The van der Waals surface area contributed by atoms with Crippen molar-refractivity contribution in [3.05, 3.63) is 105 Å². The summed E-state index contributed by atoms with van der Waals surface area (Å²) in [5, 5.41) is 9.67. The van der Waals surface area contributed by atoms with Gasteiger partial charge in [0, 0.05) is 24.2 Å². The number of rotatable bonds is 3. The summed E-state index contributed by atoms with van der Waals surface area (Å²) in [5.74, 6) is -0.210. The lowest BCUT2D eigenvalue weighted by molar-refractivity contribution is 0.389. The Morgan fingerprint density at radius 2 is 2.04 bits per heavy atom. The van der Waals surface area contributed by atoms with E-state index >= 15 is 0 Å². The molecule has 2 N–H and O–H groups in total. The highest BCUT2D eigenvalue weighted by Crippen LogP contribution is 2.40. The second kappa shape index (κ2) is 7.05. The van der Waals surface area contributed by atoms with Crippen molar-refractivity contribution in [1.82, 2.24) is 9.55 Å². The van der Waals surface area contributed by atoms with Gasteiger partial charge in [0.15, 0.2) is 0 Å². The molecule has 3 heterocycles. The number of benzene rings is 1. The second-order valence-corrected chi connectivity index (χ2v) is 6.65. The predicted octanol–water partition coefficient (Wildman–Crippen LogP) is 2.82. The van der Waals surface area contributed by atoms with Gasteiger partial charge >= 0.3 is 0 Å². The maximum Gasteiger partial charge on any atom is 0.259 e. The molecule has 0 spiro atoms. The number of nitrogens with two attached hydrogens (primary N) is 1. The lowest BCUT2D eigenvalue weighted by atomic mass is 9.85. The van der Waals surface area contributed by atoms with E-state index in [9.17, 15) is 10.1 Å². The first kappa shape index (κ1) is 17.6. The van der Waals surface area contributed by atoms with Crippen LogP contribution in [0.2, 0.25) is 0 Å². The molecule has 2 aromatic heterocycles. The minimum atomic E-state index is -0.613. The highest BCUT2D eigenvalue weighted by Gasteiger charge is 2.34. The van der Waals surface area contributed by atoms with Crippen LogP contribution in [0.4, 0.5) is 0 Å². The van der Waals surface area contributed by atoms with Crippen molar-refractivity contribution >= 4 is 0 Å². The van der Waals surface area contributed by atoms with Gasteiger partial charge in [0.1, 0.15) is 17.4 Å². The summed E-state index contributed by atoms with van der Waals surface area (Å²) in [6.07, 6.45) is 3.29. The highest BCUT2D eigenvalue weighted by atomic mass is 16.5. The van der Waals surface area contributed by atoms with E-state index < -0.39 is 5.92 Å². The Labute approximate surface area is 162 Å². The fraction of sp³-hybridized carbons (Fsp3) is 0.136. The van der Waals surface area contributed by atoms with Gasteiger partial charge in [0.25, 0.3) is 5.56 Å². The summed E-state index contributed by atoms with van der Waals surface area (Å²) in [4.78, 5) is 17.6. The zero-order valence-electron chi connectivity index (χ0n) is 15.3. The predicted molar refractivity (Wildman–Crippen MR) is 105 cm³/mol. The molecular formula is C22H18N4O2. The molecule has 0 aliphatic carbocycles. The Morgan fingerprint density at radius 1 is 1.25 bits per heavy atom. The molecule has 0 bridgehead atoms. The van der Waals surface area contributed by atoms with E-state index in [-0.39, 0.29) is 17.0 Å². The maximum atomic E-state index is 13.5. The van der Waals surface area contributed by atoms with Gasteiger partial charge in [-0.15, -0.1) is 0 Å². The summed E-state index contributed by atoms with van der Waals surface area (Å²) in [6, 6.07) is 17.3. The molecule has 0 saturated heterocycles. The molecular weight excluding hydrogens is 352 g/mol. The van der Waals surface area contributed by atoms with Crippen molar-refractivity contribution in [2.75, 3.05) is 0 Å². The molecule has 138 valence electrons. The normalized spacial score (nSPS) is 15.5. The van der Waals surface area contributed by atoms with E-state index in [0.717, 1.165) is 16.8 Å². The molecule has 1 aliphatic heterocycles. The number of hydrogen-bond acceptors (Lipinski definition) is 5. The summed E-state index contributed by atoms with van der Waals surface area (Å²) in [7, 11) is 0. The third-order valence-electron chi connectivity index (χ3n) is 4.89. The standard InChI is InChI=1S/C22H18N4O2/c1-14-10-18-20(22(27)26(14)13-15-6-3-2-4-7-15)19(16-8-5-9-25-12-16)17(11-23)21(24)28-18/h2-10,12,19H,13,24H2,1H3. The van der Waals surface area contributed by atoms with Crippen LogP contribution in [-0.4, -0.2) is 9.55 Å². The monoisotopic (exact) mass is 370 g/mol. The molecule has 28 heavy (non-hydrogen) atoms. The molecule has 0 saturated carbocycles. The smallest absolute Gasteiger partial charge is 0.259 e. The minimum Gasteiger partial charge on any atom is -0.440 e.